The Hall–Kier alpha value is -2.58. The number of hydrogen-bond donors (Lipinski definition) is 0. The maximum absolute atomic E-state index is 12.7. The molecule has 0 aliphatic carbocycles. The van der Waals surface area contributed by atoms with Crippen molar-refractivity contribution in [3.05, 3.63) is 65.9 Å². The average molecular weight is 419 g/mol. The molecule has 1 aromatic heterocycles. The lowest BCUT2D eigenvalue weighted by Crippen LogP contribution is -2.48. The molecule has 0 atom stereocenters. The second kappa shape index (κ2) is 7.92. The summed E-state index contributed by atoms with van der Waals surface area (Å²) in [5.74, 6) is 0.560. The number of alkyl halides is 3. The number of methoxy groups -OCH3 is 1. The summed E-state index contributed by atoms with van der Waals surface area (Å²) in [4.78, 5) is 8.17. The van der Waals surface area contributed by atoms with Gasteiger partial charge in [-0.2, -0.15) is 13.2 Å². The van der Waals surface area contributed by atoms with Gasteiger partial charge in [0.05, 0.1) is 18.8 Å². The fourth-order valence-electron chi connectivity index (χ4n) is 3.79. The standard InChI is InChI=1S/C22H24F3N3O2/c1-16(17-3-5-18(6-4-17)21(29-2)14-30-15-21)27-9-11-28(12-10-27)20-8-7-19(13-26-20)22(23,24)25/h3-8,13H,1,9-12,14-15H2,2H3. The Labute approximate surface area is 173 Å². The maximum atomic E-state index is 12.7. The first-order valence-electron chi connectivity index (χ1n) is 9.78. The molecule has 0 N–H and O–H groups in total. The van der Waals surface area contributed by atoms with Crippen LogP contribution in [0.4, 0.5) is 19.0 Å². The largest absolute Gasteiger partial charge is 0.417 e. The topological polar surface area (TPSA) is 37.8 Å². The predicted octanol–water partition coefficient (Wildman–Crippen LogP) is 3.77. The first-order chi connectivity index (χ1) is 14.3. The van der Waals surface area contributed by atoms with Gasteiger partial charge >= 0.3 is 6.18 Å². The molecule has 30 heavy (non-hydrogen) atoms. The smallest absolute Gasteiger partial charge is 0.375 e. The van der Waals surface area contributed by atoms with E-state index in [-0.39, 0.29) is 5.60 Å². The van der Waals surface area contributed by atoms with Crippen LogP contribution >= 0.6 is 0 Å². The summed E-state index contributed by atoms with van der Waals surface area (Å²) in [7, 11) is 1.69. The molecular weight excluding hydrogens is 395 g/mol. The van der Waals surface area contributed by atoms with Crippen molar-refractivity contribution in [1.82, 2.24) is 9.88 Å². The fourth-order valence-corrected chi connectivity index (χ4v) is 3.79. The van der Waals surface area contributed by atoms with E-state index in [1.165, 1.54) is 6.07 Å². The number of pyridine rings is 1. The molecular formula is C22H24F3N3O2. The van der Waals surface area contributed by atoms with Gasteiger partial charge in [-0.3, -0.25) is 0 Å². The molecule has 0 bridgehead atoms. The van der Waals surface area contributed by atoms with Crippen molar-refractivity contribution in [2.75, 3.05) is 51.4 Å². The van der Waals surface area contributed by atoms with Crippen LogP contribution in [0.15, 0.2) is 49.2 Å². The van der Waals surface area contributed by atoms with E-state index in [0.717, 1.165) is 42.2 Å². The van der Waals surface area contributed by atoms with E-state index < -0.39 is 11.7 Å². The molecule has 5 nitrogen and oxygen atoms in total. The number of nitrogens with zero attached hydrogens (tertiary/aromatic N) is 3. The third kappa shape index (κ3) is 3.89. The van der Waals surface area contributed by atoms with Crippen LogP contribution in [0.2, 0.25) is 0 Å². The molecule has 0 saturated carbocycles. The second-order valence-electron chi connectivity index (χ2n) is 7.59. The molecule has 160 valence electrons. The molecule has 4 rings (SSSR count). The van der Waals surface area contributed by atoms with Crippen LogP contribution < -0.4 is 4.90 Å². The predicted molar refractivity (Wildman–Crippen MR) is 108 cm³/mol. The van der Waals surface area contributed by atoms with Crippen molar-refractivity contribution in [3.8, 4) is 0 Å². The highest BCUT2D eigenvalue weighted by molar-refractivity contribution is 5.62. The number of rotatable bonds is 5. The molecule has 2 aromatic rings. The molecule has 2 fully saturated rings. The normalized spacial score (nSPS) is 18.8. The van der Waals surface area contributed by atoms with Crippen LogP contribution in [-0.2, 0) is 21.3 Å². The number of anilines is 1. The van der Waals surface area contributed by atoms with Crippen molar-refractivity contribution in [1.29, 1.82) is 0 Å². The van der Waals surface area contributed by atoms with Crippen LogP contribution in [0.5, 0.6) is 0 Å². The second-order valence-corrected chi connectivity index (χ2v) is 7.59. The Morgan fingerprint density at radius 2 is 1.73 bits per heavy atom. The molecule has 2 aliphatic heterocycles. The highest BCUT2D eigenvalue weighted by Gasteiger charge is 2.40. The summed E-state index contributed by atoms with van der Waals surface area (Å²) >= 11 is 0. The minimum Gasteiger partial charge on any atom is -0.375 e. The van der Waals surface area contributed by atoms with Gasteiger partial charge in [-0.15, -0.1) is 0 Å². The molecule has 3 heterocycles. The fraction of sp³-hybridized carbons (Fsp3) is 0.409. The van der Waals surface area contributed by atoms with E-state index in [4.69, 9.17) is 9.47 Å². The number of hydrogen-bond acceptors (Lipinski definition) is 5. The Kier molecular flexibility index (Phi) is 5.46. The van der Waals surface area contributed by atoms with Crippen molar-refractivity contribution < 1.29 is 22.6 Å². The van der Waals surface area contributed by atoms with Gasteiger partial charge in [-0.25, -0.2) is 4.98 Å². The van der Waals surface area contributed by atoms with Gasteiger partial charge in [0, 0.05) is 45.2 Å². The van der Waals surface area contributed by atoms with E-state index in [1.54, 1.807) is 7.11 Å². The van der Waals surface area contributed by atoms with Gasteiger partial charge in [0.15, 0.2) is 0 Å². The van der Waals surface area contributed by atoms with Crippen molar-refractivity contribution in [2.45, 2.75) is 11.8 Å². The summed E-state index contributed by atoms with van der Waals surface area (Å²) < 4.78 is 49.1. The van der Waals surface area contributed by atoms with E-state index >= 15 is 0 Å². The van der Waals surface area contributed by atoms with Gasteiger partial charge in [0.25, 0.3) is 0 Å². The lowest BCUT2D eigenvalue weighted by atomic mass is 9.91. The minimum atomic E-state index is -4.37. The summed E-state index contributed by atoms with van der Waals surface area (Å²) in [5.41, 5.74) is 1.97. The molecule has 0 amide bonds. The summed E-state index contributed by atoms with van der Waals surface area (Å²) in [5, 5.41) is 0. The van der Waals surface area contributed by atoms with Gasteiger partial charge in [0.1, 0.15) is 11.4 Å². The number of piperazine rings is 1. The van der Waals surface area contributed by atoms with E-state index in [1.807, 2.05) is 17.0 Å². The third-order valence-corrected chi connectivity index (χ3v) is 5.87. The third-order valence-electron chi connectivity index (χ3n) is 5.87. The molecule has 0 radical (unpaired) electrons. The van der Waals surface area contributed by atoms with Crippen molar-refractivity contribution >= 4 is 11.5 Å². The highest BCUT2D eigenvalue weighted by Crippen LogP contribution is 2.34. The van der Waals surface area contributed by atoms with E-state index in [2.05, 4.69) is 28.6 Å². The quantitative estimate of drug-likeness (QED) is 0.738. The molecule has 8 heteroatoms. The Morgan fingerprint density at radius 1 is 1.07 bits per heavy atom. The van der Waals surface area contributed by atoms with Crippen molar-refractivity contribution in [2.24, 2.45) is 0 Å². The monoisotopic (exact) mass is 419 g/mol. The molecule has 0 unspecified atom stereocenters. The molecule has 2 saturated heterocycles. The number of aromatic nitrogens is 1. The van der Waals surface area contributed by atoms with Crippen molar-refractivity contribution in [3.63, 3.8) is 0 Å². The summed E-state index contributed by atoms with van der Waals surface area (Å²) in [6, 6.07) is 10.7. The van der Waals surface area contributed by atoms with Crippen LogP contribution in [0, 0.1) is 0 Å². The zero-order chi connectivity index (χ0) is 21.4. The Morgan fingerprint density at radius 3 is 2.20 bits per heavy atom. The van der Waals surface area contributed by atoms with Crippen LogP contribution in [0.25, 0.3) is 5.70 Å². The number of benzene rings is 1. The van der Waals surface area contributed by atoms with E-state index in [0.29, 0.717) is 32.1 Å². The van der Waals surface area contributed by atoms with Gasteiger partial charge in [-0.1, -0.05) is 30.8 Å². The van der Waals surface area contributed by atoms with Gasteiger partial charge in [0.2, 0.25) is 0 Å². The van der Waals surface area contributed by atoms with Crippen LogP contribution in [0.1, 0.15) is 16.7 Å². The number of halogens is 3. The molecule has 0 spiro atoms. The SMILES string of the molecule is C=C(c1ccc(C2(OC)COC2)cc1)N1CCN(c2ccc(C(F)(F)F)cn2)CC1. The van der Waals surface area contributed by atoms with Gasteiger partial charge < -0.3 is 19.3 Å². The Bertz CT molecular complexity index is 880. The molecule has 2 aliphatic rings. The number of ether oxygens (including phenoxy) is 2. The minimum absolute atomic E-state index is 0.347. The maximum Gasteiger partial charge on any atom is 0.417 e. The highest BCUT2D eigenvalue weighted by atomic mass is 19.4. The van der Waals surface area contributed by atoms with Crippen LogP contribution in [-0.4, -0.2) is 56.4 Å². The Balaban J connectivity index is 1.36. The summed E-state index contributed by atoms with van der Waals surface area (Å²) in [6.07, 6.45) is -3.48. The lowest BCUT2D eigenvalue weighted by molar-refractivity contribution is -0.202. The average Bonchev–Trinajstić information content (AvgIpc) is 2.73. The zero-order valence-electron chi connectivity index (χ0n) is 16.8. The zero-order valence-corrected chi connectivity index (χ0v) is 16.8. The van der Waals surface area contributed by atoms with Gasteiger partial charge in [-0.05, 0) is 23.3 Å². The lowest BCUT2D eigenvalue weighted by Gasteiger charge is -2.40. The molecule has 1 aromatic carbocycles. The first kappa shape index (κ1) is 20.7. The first-order valence-corrected chi connectivity index (χ1v) is 9.78. The van der Waals surface area contributed by atoms with E-state index in [9.17, 15) is 13.2 Å². The van der Waals surface area contributed by atoms with Crippen LogP contribution in [0.3, 0.4) is 0 Å². The summed E-state index contributed by atoms with van der Waals surface area (Å²) in [6.45, 7) is 8.14.